The maximum absolute atomic E-state index is 11.9. The van der Waals surface area contributed by atoms with Crippen LogP contribution in [-0.4, -0.2) is 55.9 Å². The fourth-order valence-corrected chi connectivity index (χ4v) is 1.86. The number of nitriles is 1. The van der Waals surface area contributed by atoms with E-state index in [2.05, 4.69) is 5.32 Å². The second-order valence-electron chi connectivity index (χ2n) is 4.51. The average Bonchev–Trinajstić information content (AvgIpc) is 2.50. The SMILES string of the molecule is COCCN(CCO)CCC(=O)Nc1ccccc1C#N. The summed E-state index contributed by atoms with van der Waals surface area (Å²) in [5.41, 5.74) is 0.966. The number of rotatable bonds is 9. The number of para-hydroxylation sites is 1. The zero-order valence-corrected chi connectivity index (χ0v) is 12.2. The Morgan fingerprint density at radius 2 is 2.14 bits per heavy atom. The molecule has 0 atom stereocenters. The number of hydrogen-bond donors (Lipinski definition) is 2. The first-order valence-corrected chi connectivity index (χ1v) is 6.82. The average molecular weight is 291 g/mol. The van der Waals surface area contributed by atoms with Crippen LogP contribution in [0.4, 0.5) is 5.69 Å². The van der Waals surface area contributed by atoms with Gasteiger partial charge in [0.15, 0.2) is 0 Å². The molecule has 0 aliphatic heterocycles. The van der Waals surface area contributed by atoms with Crippen LogP contribution < -0.4 is 5.32 Å². The number of hydrogen-bond acceptors (Lipinski definition) is 5. The van der Waals surface area contributed by atoms with Crippen LogP contribution in [0.1, 0.15) is 12.0 Å². The quantitative estimate of drug-likeness (QED) is 0.704. The Kier molecular flexibility index (Phi) is 8.05. The largest absolute Gasteiger partial charge is 0.395 e. The molecule has 0 aliphatic rings. The van der Waals surface area contributed by atoms with Crippen molar-refractivity contribution >= 4 is 11.6 Å². The van der Waals surface area contributed by atoms with Crippen LogP contribution in [0.5, 0.6) is 0 Å². The molecular weight excluding hydrogens is 270 g/mol. The molecule has 0 aliphatic carbocycles. The summed E-state index contributed by atoms with van der Waals surface area (Å²) in [5.74, 6) is -0.155. The molecule has 21 heavy (non-hydrogen) atoms. The number of amides is 1. The molecule has 6 heteroatoms. The highest BCUT2D eigenvalue weighted by Crippen LogP contribution is 2.13. The van der Waals surface area contributed by atoms with Crippen LogP contribution >= 0.6 is 0 Å². The molecule has 0 heterocycles. The van der Waals surface area contributed by atoms with Gasteiger partial charge in [-0.1, -0.05) is 12.1 Å². The van der Waals surface area contributed by atoms with E-state index in [4.69, 9.17) is 15.1 Å². The van der Waals surface area contributed by atoms with Crippen LogP contribution in [0.2, 0.25) is 0 Å². The summed E-state index contributed by atoms with van der Waals surface area (Å²) in [6, 6.07) is 8.92. The van der Waals surface area contributed by atoms with E-state index in [9.17, 15) is 4.79 Å². The van der Waals surface area contributed by atoms with E-state index in [-0.39, 0.29) is 12.5 Å². The van der Waals surface area contributed by atoms with Gasteiger partial charge in [-0.05, 0) is 12.1 Å². The minimum atomic E-state index is -0.155. The van der Waals surface area contributed by atoms with E-state index in [0.29, 0.717) is 43.9 Å². The summed E-state index contributed by atoms with van der Waals surface area (Å²) < 4.78 is 4.99. The molecule has 1 rings (SSSR count). The number of carbonyl (C=O) groups excluding carboxylic acids is 1. The molecule has 0 aromatic heterocycles. The summed E-state index contributed by atoms with van der Waals surface area (Å²) >= 11 is 0. The van der Waals surface area contributed by atoms with Crippen molar-refractivity contribution in [3.05, 3.63) is 29.8 Å². The molecule has 6 nitrogen and oxygen atoms in total. The smallest absolute Gasteiger partial charge is 0.225 e. The van der Waals surface area contributed by atoms with Crippen molar-refractivity contribution < 1.29 is 14.6 Å². The highest BCUT2D eigenvalue weighted by molar-refractivity contribution is 5.92. The molecule has 0 saturated heterocycles. The van der Waals surface area contributed by atoms with Gasteiger partial charge in [0, 0.05) is 33.2 Å². The third-order valence-electron chi connectivity index (χ3n) is 3.00. The zero-order chi connectivity index (χ0) is 15.5. The number of nitrogens with one attached hydrogen (secondary N) is 1. The standard InChI is InChI=1S/C15H21N3O3/c1-21-11-9-18(8-10-19)7-6-15(20)17-14-5-3-2-4-13(14)12-16/h2-5,19H,6-11H2,1H3,(H,17,20). The fourth-order valence-electron chi connectivity index (χ4n) is 1.86. The predicted molar refractivity (Wildman–Crippen MR) is 79.8 cm³/mol. The Morgan fingerprint density at radius 3 is 2.81 bits per heavy atom. The zero-order valence-electron chi connectivity index (χ0n) is 12.2. The van der Waals surface area contributed by atoms with Gasteiger partial charge in [-0.15, -0.1) is 0 Å². The molecule has 1 aromatic rings. The van der Waals surface area contributed by atoms with E-state index in [1.54, 1.807) is 31.4 Å². The van der Waals surface area contributed by atoms with Gasteiger partial charge >= 0.3 is 0 Å². The Labute approximate surface area is 124 Å². The van der Waals surface area contributed by atoms with Gasteiger partial charge < -0.3 is 15.2 Å². The highest BCUT2D eigenvalue weighted by atomic mass is 16.5. The third kappa shape index (κ3) is 6.36. The minimum absolute atomic E-state index is 0.0442. The number of benzene rings is 1. The lowest BCUT2D eigenvalue weighted by Crippen LogP contribution is -2.33. The summed E-state index contributed by atoms with van der Waals surface area (Å²) in [6.07, 6.45) is 0.295. The lowest BCUT2D eigenvalue weighted by Gasteiger charge is -2.20. The molecule has 1 aromatic carbocycles. The van der Waals surface area contributed by atoms with Crippen LogP contribution in [0.3, 0.4) is 0 Å². The highest BCUT2D eigenvalue weighted by Gasteiger charge is 2.09. The lowest BCUT2D eigenvalue weighted by molar-refractivity contribution is -0.116. The Hall–Kier alpha value is -1.94. The van der Waals surface area contributed by atoms with Crippen LogP contribution in [-0.2, 0) is 9.53 Å². The molecular formula is C15H21N3O3. The van der Waals surface area contributed by atoms with Crippen LogP contribution in [0.15, 0.2) is 24.3 Å². The Bertz CT molecular complexity index is 485. The van der Waals surface area contributed by atoms with Crippen molar-refractivity contribution in [1.82, 2.24) is 4.90 Å². The molecule has 2 N–H and O–H groups in total. The predicted octanol–water partition coefficient (Wildman–Crippen LogP) is 0.828. The fraction of sp³-hybridized carbons (Fsp3) is 0.467. The van der Waals surface area contributed by atoms with Crippen molar-refractivity contribution in [2.24, 2.45) is 0 Å². The summed E-state index contributed by atoms with van der Waals surface area (Å²) in [6.45, 7) is 2.30. The number of ether oxygens (including phenoxy) is 1. The number of nitrogens with zero attached hydrogens (tertiary/aromatic N) is 2. The van der Waals surface area contributed by atoms with E-state index < -0.39 is 0 Å². The van der Waals surface area contributed by atoms with Crippen molar-refractivity contribution in [2.75, 3.05) is 45.3 Å². The van der Waals surface area contributed by atoms with Crippen molar-refractivity contribution in [3.8, 4) is 6.07 Å². The summed E-state index contributed by atoms with van der Waals surface area (Å²) in [5, 5.41) is 20.7. The van der Waals surface area contributed by atoms with E-state index in [1.807, 2.05) is 11.0 Å². The van der Waals surface area contributed by atoms with E-state index in [1.165, 1.54) is 0 Å². The van der Waals surface area contributed by atoms with Crippen molar-refractivity contribution in [1.29, 1.82) is 5.26 Å². The molecule has 0 radical (unpaired) electrons. The first-order chi connectivity index (χ1) is 10.2. The first kappa shape index (κ1) is 17.1. The number of anilines is 1. The lowest BCUT2D eigenvalue weighted by atomic mass is 10.2. The van der Waals surface area contributed by atoms with Crippen LogP contribution in [0.25, 0.3) is 0 Å². The third-order valence-corrected chi connectivity index (χ3v) is 3.00. The molecule has 0 fully saturated rings. The van der Waals surface area contributed by atoms with Gasteiger partial charge in [-0.3, -0.25) is 9.69 Å². The van der Waals surface area contributed by atoms with Gasteiger partial charge in [0.1, 0.15) is 6.07 Å². The Morgan fingerprint density at radius 1 is 1.38 bits per heavy atom. The van der Waals surface area contributed by atoms with E-state index >= 15 is 0 Å². The van der Waals surface area contributed by atoms with Gasteiger partial charge in [-0.2, -0.15) is 5.26 Å². The number of methoxy groups -OCH3 is 1. The van der Waals surface area contributed by atoms with Crippen LogP contribution in [0, 0.1) is 11.3 Å². The maximum Gasteiger partial charge on any atom is 0.225 e. The minimum Gasteiger partial charge on any atom is -0.395 e. The summed E-state index contributed by atoms with van der Waals surface area (Å²) in [4.78, 5) is 13.9. The number of aliphatic hydroxyl groups is 1. The summed E-state index contributed by atoms with van der Waals surface area (Å²) in [7, 11) is 1.61. The molecule has 0 bridgehead atoms. The second kappa shape index (κ2) is 9.88. The second-order valence-corrected chi connectivity index (χ2v) is 4.51. The number of aliphatic hydroxyl groups excluding tert-OH is 1. The van der Waals surface area contributed by atoms with Crippen molar-refractivity contribution in [2.45, 2.75) is 6.42 Å². The topological polar surface area (TPSA) is 85.6 Å². The number of carbonyl (C=O) groups is 1. The molecule has 0 spiro atoms. The maximum atomic E-state index is 11.9. The molecule has 1 amide bonds. The molecule has 0 unspecified atom stereocenters. The molecule has 0 saturated carbocycles. The molecule has 114 valence electrons. The van der Waals surface area contributed by atoms with Crippen molar-refractivity contribution in [3.63, 3.8) is 0 Å². The first-order valence-electron chi connectivity index (χ1n) is 6.82. The monoisotopic (exact) mass is 291 g/mol. The van der Waals surface area contributed by atoms with Gasteiger partial charge in [0.2, 0.25) is 5.91 Å². The normalized spacial score (nSPS) is 10.4. The Balaban J connectivity index is 2.47. The van der Waals surface area contributed by atoms with E-state index in [0.717, 1.165) is 0 Å². The van der Waals surface area contributed by atoms with Gasteiger partial charge in [-0.25, -0.2) is 0 Å². The van der Waals surface area contributed by atoms with Gasteiger partial charge in [0.05, 0.1) is 24.5 Å². The van der Waals surface area contributed by atoms with Gasteiger partial charge in [0.25, 0.3) is 0 Å².